The predicted molar refractivity (Wildman–Crippen MR) is 69.1 cm³/mol. The van der Waals surface area contributed by atoms with Crippen LogP contribution < -0.4 is 0 Å². The number of nitriles is 1. The number of hydrogen-bond donors (Lipinski definition) is 0. The molecule has 82 valence electrons. The molecule has 0 fully saturated rings. The average Bonchev–Trinajstić information content (AvgIpc) is 2.39. The summed E-state index contributed by atoms with van der Waals surface area (Å²) in [5, 5.41) is 9.12. The van der Waals surface area contributed by atoms with Crippen molar-refractivity contribution in [2.75, 3.05) is 0 Å². The summed E-state index contributed by atoms with van der Waals surface area (Å²) >= 11 is 0. The van der Waals surface area contributed by atoms with Gasteiger partial charge in [-0.25, -0.2) is 0 Å². The maximum atomic E-state index is 9.12. The number of aromatic nitrogens is 1. The van der Waals surface area contributed by atoms with Crippen LogP contribution in [0.2, 0.25) is 0 Å². The zero-order valence-electron chi connectivity index (χ0n) is 9.64. The van der Waals surface area contributed by atoms with Crippen LogP contribution in [0.5, 0.6) is 0 Å². The van der Waals surface area contributed by atoms with Crippen molar-refractivity contribution in [3.05, 3.63) is 60.4 Å². The van der Waals surface area contributed by atoms with Crippen molar-refractivity contribution in [2.24, 2.45) is 0 Å². The third-order valence-corrected chi connectivity index (χ3v) is 2.62. The van der Waals surface area contributed by atoms with Crippen molar-refractivity contribution in [1.82, 2.24) is 4.98 Å². The van der Waals surface area contributed by atoms with Crippen LogP contribution in [0.25, 0.3) is 16.7 Å². The number of pyridine rings is 1. The normalized spacial score (nSPS) is 9.65. The monoisotopic (exact) mass is 220 g/mol. The molecule has 0 saturated carbocycles. The smallest absolute Gasteiger partial charge is 0.0998 e. The molecule has 0 aliphatic carbocycles. The van der Waals surface area contributed by atoms with Gasteiger partial charge >= 0.3 is 0 Å². The second-order valence-electron chi connectivity index (χ2n) is 3.89. The number of allylic oxidation sites excluding steroid dienone is 1. The number of nitrogens with zero attached hydrogens (tertiary/aromatic N) is 2. The molecular weight excluding hydrogens is 208 g/mol. The molecular formula is C15H12N2. The lowest BCUT2D eigenvalue weighted by Gasteiger charge is -2.07. The van der Waals surface area contributed by atoms with Crippen LogP contribution in [0, 0.1) is 11.3 Å². The molecule has 0 aliphatic heterocycles. The first-order valence-corrected chi connectivity index (χ1v) is 5.33. The van der Waals surface area contributed by atoms with E-state index in [1.807, 2.05) is 37.3 Å². The molecule has 0 atom stereocenters. The first kappa shape index (κ1) is 11.1. The highest BCUT2D eigenvalue weighted by molar-refractivity contribution is 5.75. The first-order valence-electron chi connectivity index (χ1n) is 5.33. The Kier molecular flexibility index (Phi) is 3.02. The van der Waals surface area contributed by atoms with Crippen molar-refractivity contribution >= 4 is 5.57 Å². The van der Waals surface area contributed by atoms with E-state index in [1.54, 1.807) is 12.4 Å². The Labute approximate surface area is 101 Å². The first-order chi connectivity index (χ1) is 8.22. The Morgan fingerprint density at radius 3 is 2.53 bits per heavy atom. The quantitative estimate of drug-likeness (QED) is 0.774. The Morgan fingerprint density at radius 1 is 1.24 bits per heavy atom. The van der Waals surface area contributed by atoms with E-state index in [4.69, 9.17) is 5.26 Å². The maximum Gasteiger partial charge on any atom is 0.0998 e. The standard InChI is InChI=1S/C15H12N2/c1-11(2)13-3-4-14(10-16)15(9-13)12-5-7-17-8-6-12/h3-9H,1H2,2H3. The summed E-state index contributed by atoms with van der Waals surface area (Å²) < 4.78 is 0. The summed E-state index contributed by atoms with van der Waals surface area (Å²) in [6.07, 6.45) is 3.45. The van der Waals surface area contributed by atoms with E-state index in [2.05, 4.69) is 17.6 Å². The molecule has 2 aromatic rings. The van der Waals surface area contributed by atoms with Gasteiger partial charge in [-0.1, -0.05) is 18.2 Å². The van der Waals surface area contributed by atoms with Gasteiger partial charge in [0.15, 0.2) is 0 Å². The van der Waals surface area contributed by atoms with Crippen molar-refractivity contribution in [1.29, 1.82) is 5.26 Å². The minimum absolute atomic E-state index is 0.668. The van der Waals surface area contributed by atoms with Gasteiger partial charge < -0.3 is 0 Å². The second-order valence-corrected chi connectivity index (χ2v) is 3.89. The third-order valence-electron chi connectivity index (χ3n) is 2.62. The van der Waals surface area contributed by atoms with E-state index in [1.165, 1.54) is 0 Å². The summed E-state index contributed by atoms with van der Waals surface area (Å²) in [5.41, 5.74) is 4.64. The molecule has 2 rings (SSSR count). The molecule has 1 heterocycles. The van der Waals surface area contributed by atoms with Gasteiger partial charge in [0.25, 0.3) is 0 Å². The SMILES string of the molecule is C=C(C)c1ccc(C#N)c(-c2ccncc2)c1. The Morgan fingerprint density at radius 2 is 1.94 bits per heavy atom. The maximum absolute atomic E-state index is 9.12. The van der Waals surface area contributed by atoms with Crippen molar-refractivity contribution in [2.45, 2.75) is 6.92 Å². The molecule has 17 heavy (non-hydrogen) atoms. The molecule has 2 heteroatoms. The van der Waals surface area contributed by atoms with Crippen LogP contribution in [-0.4, -0.2) is 4.98 Å². The molecule has 1 aromatic heterocycles. The number of benzene rings is 1. The summed E-state index contributed by atoms with van der Waals surface area (Å²) in [6.45, 7) is 5.88. The van der Waals surface area contributed by atoms with Gasteiger partial charge in [-0.3, -0.25) is 4.98 Å². The van der Waals surface area contributed by atoms with Crippen LogP contribution in [0.1, 0.15) is 18.1 Å². The van der Waals surface area contributed by atoms with Crippen LogP contribution in [0.15, 0.2) is 49.3 Å². The van der Waals surface area contributed by atoms with Crippen LogP contribution in [0.3, 0.4) is 0 Å². The second kappa shape index (κ2) is 4.63. The van der Waals surface area contributed by atoms with Gasteiger partial charge in [-0.15, -0.1) is 0 Å². The van der Waals surface area contributed by atoms with E-state index < -0.39 is 0 Å². The van der Waals surface area contributed by atoms with Gasteiger partial charge in [0.2, 0.25) is 0 Å². The van der Waals surface area contributed by atoms with Gasteiger partial charge in [0.05, 0.1) is 11.6 Å². The van der Waals surface area contributed by atoms with Crippen LogP contribution in [-0.2, 0) is 0 Å². The van der Waals surface area contributed by atoms with E-state index in [0.29, 0.717) is 5.56 Å². The molecule has 0 amide bonds. The molecule has 2 nitrogen and oxygen atoms in total. The van der Waals surface area contributed by atoms with E-state index in [9.17, 15) is 0 Å². The highest BCUT2D eigenvalue weighted by Crippen LogP contribution is 2.26. The lowest BCUT2D eigenvalue weighted by molar-refractivity contribution is 1.33. The fourth-order valence-corrected chi connectivity index (χ4v) is 1.68. The fourth-order valence-electron chi connectivity index (χ4n) is 1.68. The molecule has 1 aromatic carbocycles. The van der Waals surface area contributed by atoms with E-state index in [0.717, 1.165) is 22.3 Å². The lowest BCUT2D eigenvalue weighted by Crippen LogP contribution is -1.87. The summed E-state index contributed by atoms with van der Waals surface area (Å²) in [7, 11) is 0. The highest BCUT2D eigenvalue weighted by Gasteiger charge is 2.06. The van der Waals surface area contributed by atoms with Gasteiger partial charge in [-0.05, 0) is 42.3 Å². The van der Waals surface area contributed by atoms with Crippen LogP contribution in [0.4, 0.5) is 0 Å². The summed E-state index contributed by atoms with van der Waals surface area (Å²) in [4.78, 5) is 3.98. The topological polar surface area (TPSA) is 36.7 Å². The van der Waals surface area contributed by atoms with Gasteiger partial charge in [0, 0.05) is 18.0 Å². The largest absolute Gasteiger partial charge is 0.265 e. The predicted octanol–water partition coefficient (Wildman–Crippen LogP) is 3.65. The minimum atomic E-state index is 0.668. The zero-order valence-corrected chi connectivity index (χ0v) is 9.64. The zero-order chi connectivity index (χ0) is 12.3. The molecule has 0 unspecified atom stereocenters. The molecule has 0 aliphatic rings. The lowest BCUT2D eigenvalue weighted by atomic mass is 9.96. The average molecular weight is 220 g/mol. The Hall–Kier alpha value is -2.40. The van der Waals surface area contributed by atoms with Gasteiger partial charge in [0.1, 0.15) is 0 Å². The Bertz CT molecular complexity index is 592. The minimum Gasteiger partial charge on any atom is -0.265 e. The van der Waals surface area contributed by atoms with Gasteiger partial charge in [-0.2, -0.15) is 5.26 Å². The van der Waals surface area contributed by atoms with E-state index >= 15 is 0 Å². The molecule has 0 bridgehead atoms. The molecule has 0 N–H and O–H groups in total. The molecule has 0 spiro atoms. The van der Waals surface area contributed by atoms with Crippen molar-refractivity contribution in [3.63, 3.8) is 0 Å². The summed E-state index contributed by atoms with van der Waals surface area (Å²) in [5.74, 6) is 0. The fraction of sp³-hybridized carbons (Fsp3) is 0.0667. The van der Waals surface area contributed by atoms with E-state index in [-0.39, 0.29) is 0 Å². The Balaban J connectivity index is 2.63. The van der Waals surface area contributed by atoms with Crippen LogP contribution >= 0.6 is 0 Å². The molecule has 0 radical (unpaired) electrons. The number of hydrogen-bond acceptors (Lipinski definition) is 2. The third kappa shape index (κ3) is 2.24. The highest BCUT2D eigenvalue weighted by atomic mass is 14.6. The van der Waals surface area contributed by atoms with Crippen molar-refractivity contribution in [3.8, 4) is 17.2 Å². The summed E-state index contributed by atoms with van der Waals surface area (Å²) in [6, 6.07) is 11.8. The number of rotatable bonds is 2. The van der Waals surface area contributed by atoms with Crippen molar-refractivity contribution < 1.29 is 0 Å². The molecule has 0 saturated heterocycles.